The Kier molecular flexibility index (Phi) is 7.51. The van der Waals surface area contributed by atoms with Crippen molar-refractivity contribution in [3.63, 3.8) is 0 Å². The second kappa shape index (κ2) is 10.4. The molecule has 0 unspecified atom stereocenters. The first-order valence-corrected chi connectivity index (χ1v) is 12.4. The molecule has 33 heavy (non-hydrogen) atoms. The largest absolute Gasteiger partial charge is 0.487 e. The molecule has 4 rings (SSSR count). The number of carbonyl (C=O) groups is 2. The van der Waals surface area contributed by atoms with Gasteiger partial charge in [0.15, 0.2) is 0 Å². The van der Waals surface area contributed by atoms with E-state index in [0.717, 1.165) is 17.3 Å². The zero-order chi connectivity index (χ0) is 23.5. The van der Waals surface area contributed by atoms with Crippen molar-refractivity contribution in [2.24, 2.45) is 0 Å². The Balaban J connectivity index is 1.42. The van der Waals surface area contributed by atoms with Crippen LogP contribution in [0.3, 0.4) is 0 Å². The van der Waals surface area contributed by atoms with Crippen LogP contribution >= 0.6 is 43.6 Å². The molecule has 1 aliphatic heterocycles. The summed E-state index contributed by atoms with van der Waals surface area (Å²) in [4.78, 5) is 26.5. The third-order valence-electron chi connectivity index (χ3n) is 5.01. The number of amides is 2. The van der Waals surface area contributed by atoms with E-state index in [0.29, 0.717) is 32.2 Å². The van der Waals surface area contributed by atoms with Gasteiger partial charge in [-0.05, 0) is 91.4 Å². The lowest BCUT2D eigenvalue weighted by Gasteiger charge is -2.15. The van der Waals surface area contributed by atoms with E-state index in [9.17, 15) is 18.4 Å². The highest BCUT2D eigenvalue weighted by Crippen LogP contribution is 2.37. The Morgan fingerprint density at radius 1 is 0.879 bits per heavy atom. The van der Waals surface area contributed by atoms with E-state index in [1.54, 1.807) is 24.3 Å². The molecule has 0 bridgehead atoms. The Morgan fingerprint density at radius 3 is 2.24 bits per heavy atom. The van der Waals surface area contributed by atoms with Crippen molar-refractivity contribution in [2.75, 3.05) is 0 Å². The maximum absolute atomic E-state index is 13.4. The molecule has 1 heterocycles. The molecule has 4 nitrogen and oxygen atoms in total. The number of nitrogens with zero attached hydrogens (tertiary/aromatic N) is 1. The minimum atomic E-state index is -0.546. The predicted octanol–water partition coefficient (Wildman–Crippen LogP) is 6.88. The van der Waals surface area contributed by atoms with Crippen molar-refractivity contribution in [2.45, 2.75) is 24.8 Å². The molecule has 0 radical (unpaired) electrons. The number of hydrogen-bond acceptors (Lipinski definition) is 4. The van der Waals surface area contributed by atoms with Crippen LogP contribution in [0.25, 0.3) is 0 Å². The van der Waals surface area contributed by atoms with Crippen LogP contribution in [-0.2, 0) is 24.4 Å². The average molecular weight is 597 g/mol. The standard InChI is InChI=1S/C24H17Br2F2NO3S/c25-19-9-16(10-20(26)22(19)32-13-15-2-1-3-18(28)8-15)11-21-23(30)29(24(31)33-21)12-14-4-6-17(27)7-5-14/h1-10,21H,11-13H2/t21-/m1/s1. The molecule has 170 valence electrons. The van der Waals surface area contributed by atoms with Crippen LogP contribution in [0.5, 0.6) is 5.75 Å². The molecule has 1 saturated heterocycles. The van der Waals surface area contributed by atoms with E-state index in [1.165, 1.54) is 29.2 Å². The number of rotatable bonds is 7. The van der Waals surface area contributed by atoms with Crippen LogP contribution in [0.4, 0.5) is 13.6 Å². The van der Waals surface area contributed by atoms with Gasteiger partial charge >= 0.3 is 0 Å². The van der Waals surface area contributed by atoms with Gasteiger partial charge in [-0.1, -0.05) is 36.0 Å². The predicted molar refractivity (Wildman–Crippen MR) is 130 cm³/mol. The maximum Gasteiger partial charge on any atom is 0.289 e. The molecular weight excluding hydrogens is 580 g/mol. The van der Waals surface area contributed by atoms with Crippen LogP contribution in [0.1, 0.15) is 16.7 Å². The van der Waals surface area contributed by atoms with E-state index < -0.39 is 5.25 Å². The van der Waals surface area contributed by atoms with Gasteiger partial charge in [-0.3, -0.25) is 14.5 Å². The first-order valence-electron chi connectivity index (χ1n) is 9.92. The van der Waals surface area contributed by atoms with Crippen LogP contribution in [-0.4, -0.2) is 21.3 Å². The number of halogens is 4. The normalized spacial score (nSPS) is 15.9. The number of imide groups is 1. The quantitative estimate of drug-likeness (QED) is 0.298. The van der Waals surface area contributed by atoms with Gasteiger partial charge in [0.1, 0.15) is 24.0 Å². The van der Waals surface area contributed by atoms with E-state index in [2.05, 4.69) is 31.9 Å². The first kappa shape index (κ1) is 23.9. The Hall–Kier alpha value is -2.23. The first-order chi connectivity index (χ1) is 15.8. The summed E-state index contributed by atoms with van der Waals surface area (Å²) in [5.41, 5.74) is 2.23. The van der Waals surface area contributed by atoms with Crippen molar-refractivity contribution in [1.29, 1.82) is 0 Å². The van der Waals surface area contributed by atoms with E-state index in [-0.39, 0.29) is 35.9 Å². The Morgan fingerprint density at radius 2 is 1.58 bits per heavy atom. The molecular formula is C24H17Br2F2NO3S. The summed E-state index contributed by atoms with van der Waals surface area (Å²) in [6.07, 6.45) is 0.358. The number of carbonyl (C=O) groups excluding carboxylic acids is 2. The smallest absolute Gasteiger partial charge is 0.289 e. The van der Waals surface area contributed by atoms with Gasteiger partial charge in [0, 0.05) is 0 Å². The molecule has 9 heteroatoms. The highest BCUT2D eigenvalue weighted by atomic mass is 79.9. The second-order valence-electron chi connectivity index (χ2n) is 7.43. The molecule has 3 aromatic carbocycles. The van der Waals surface area contributed by atoms with Gasteiger partial charge in [0.05, 0.1) is 20.7 Å². The summed E-state index contributed by atoms with van der Waals surface area (Å²) in [7, 11) is 0. The molecule has 1 fully saturated rings. The summed E-state index contributed by atoms with van der Waals surface area (Å²) in [6, 6.07) is 15.6. The highest BCUT2D eigenvalue weighted by molar-refractivity contribution is 9.11. The average Bonchev–Trinajstić information content (AvgIpc) is 3.02. The van der Waals surface area contributed by atoms with Crippen molar-refractivity contribution in [3.05, 3.63) is 97.9 Å². The van der Waals surface area contributed by atoms with E-state index in [1.807, 2.05) is 12.1 Å². The monoisotopic (exact) mass is 595 g/mol. The summed E-state index contributed by atoms with van der Waals surface area (Å²) in [6.45, 7) is 0.305. The van der Waals surface area contributed by atoms with Gasteiger partial charge in [-0.15, -0.1) is 0 Å². The summed E-state index contributed by atoms with van der Waals surface area (Å²) >= 11 is 7.98. The summed E-state index contributed by atoms with van der Waals surface area (Å²) in [5, 5.41) is -0.863. The van der Waals surface area contributed by atoms with Crippen molar-refractivity contribution < 1.29 is 23.1 Å². The molecule has 0 saturated carbocycles. The van der Waals surface area contributed by atoms with Gasteiger partial charge in [0.2, 0.25) is 5.91 Å². The van der Waals surface area contributed by atoms with Gasteiger partial charge < -0.3 is 4.74 Å². The topological polar surface area (TPSA) is 46.6 Å². The molecule has 2 amide bonds. The van der Waals surface area contributed by atoms with Crippen LogP contribution in [0.2, 0.25) is 0 Å². The van der Waals surface area contributed by atoms with Crippen molar-refractivity contribution >= 4 is 54.8 Å². The highest BCUT2D eigenvalue weighted by Gasteiger charge is 2.39. The lowest BCUT2D eigenvalue weighted by Crippen LogP contribution is -2.31. The minimum absolute atomic E-state index is 0.113. The van der Waals surface area contributed by atoms with Crippen LogP contribution in [0.15, 0.2) is 69.6 Å². The summed E-state index contributed by atoms with van der Waals surface area (Å²) in [5.74, 6) is -0.411. The molecule has 1 atom stereocenters. The fourth-order valence-electron chi connectivity index (χ4n) is 3.41. The molecule has 3 aromatic rings. The zero-order valence-electron chi connectivity index (χ0n) is 17.1. The number of ether oxygens (including phenoxy) is 1. The number of thioether (sulfide) groups is 1. The lowest BCUT2D eigenvalue weighted by atomic mass is 10.1. The molecule has 0 spiro atoms. The maximum atomic E-state index is 13.4. The fourth-order valence-corrected chi connectivity index (χ4v) is 5.95. The van der Waals surface area contributed by atoms with Gasteiger partial charge in [-0.2, -0.15) is 0 Å². The fraction of sp³-hybridized carbons (Fsp3) is 0.167. The van der Waals surface area contributed by atoms with E-state index >= 15 is 0 Å². The Labute approximate surface area is 210 Å². The lowest BCUT2D eigenvalue weighted by molar-refractivity contribution is -0.127. The zero-order valence-corrected chi connectivity index (χ0v) is 21.1. The number of hydrogen-bond donors (Lipinski definition) is 0. The minimum Gasteiger partial charge on any atom is -0.487 e. The Bertz CT molecular complexity index is 1180. The molecule has 1 aliphatic rings. The van der Waals surface area contributed by atoms with Crippen molar-refractivity contribution in [3.8, 4) is 5.75 Å². The van der Waals surface area contributed by atoms with Crippen LogP contribution < -0.4 is 4.74 Å². The van der Waals surface area contributed by atoms with Gasteiger partial charge in [0.25, 0.3) is 5.24 Å². The molecule has 0 N–H and O–H groups in total. The number of benzene rings is 3. The van der Waals surface area contributed by atoms with Gasteiger partial charge in [-0.25, -0.2) is 8.78 Å². The van der Waals surface area contributed by atoms with Crippen LogP contribution in [0, 0.1) is 11.6 Å². The van der Waals surface area contributed by atoms with Crippen molar-refractivity contribution in [1.82, 2.24) is 4.90 Å². The summed E-state index contributed by atoms with van der Waals surface area (Å²) < 4.78 is 33.7. The molecule has 0 aromatic heterocycles. The third-order valence-corrected chi connectivity index (χ3v) is 7.26. The SMILES string of the molecule is O=C1S[C@H](Cc2cc(Br)c(OCc3cccc(F)c3)c(Br)c2)C(=O)N1Cc1ccc(F)cc1. The third kappa shape index (κ3) is 5.83. The molecule has 0 aliphatic carbocycles. The second-order valence-corrected chi connectivity index (χ2v) is 10.3. The van der Waals surface area contributed by atoms with E-state index in [4.69, 9.17) is 4.74 Å².